The molecule has 0 fully saturated rings. The van der Waals surface area contributed by atoms with E-state index in [1.54, 1.807) is 53.0 Å². The summed E-state index contributed by atoms with van der Waals surface area (Å²) in [6, 6.07) is 12.6. The van der Waals surface area contributed by atoms with Crippen LogP contribution in [0.2, 0.25) is 0 Å². The first kappa shape index (κ1) is 22.9. The van der Waals surface area contributed by atoms with Crippen LogP contribution < -0.4 is 0 Å². The Morgan fingerprint density at radius 2 is 2.03 bits per heavy atom. The summed E-state index contributed by atoms with van der Waals surface area (Å²) in [5.41, 5.74) is 1.31. The summed E-state index contributed by atoms with van der Waals surface area (Å²) in [7, 11) is -2.14. The number of ether oxygens (including phenoxy) is 1. The van der Waals surface area contributed by atoms with Crippen LogP contribution in [0.25, 0.3) is 0 Å². The van der Waals surface area contributed by atoms with Crippen molar-refractivity contribution >= 4 is 27.1 Å². The van der Waals surface area contributed by atoms with E-state index in [-0.39, 0.29) is 23.4 Å². The van der Waals surface area contributed by atoms with Crippen LogP contribution in [0.3, 0.4) is 0 Å². The number of thiophene rings is 1. The Morgan fingerprint density at radius 3 is 2.68 bits per heavy atom. The monoisotopic (exact) mass is 459 g/mol. The van der Waals surface area contributed by atoms with Gasteiger partial charge in [-0.1, -0.05) is 42.5 Å². The first-order valence-corrected chi connectivity index (χ1v) is 12.2. The summed E-state index contributed by atoms with van der Waals surface area (Å²) in [6.07, 6.45) is 3.17. The van der Waals surface area contributed by atoms with E-state index in [0.29, 0.717) is 35.8 Å². The third-order valence-electron chi connectivity index (χ3n) is 4.62. The lowest BCUT2D eigenvalue weighted by Crippen LogP contribution is -2.31. The number of nitrogens with zero attached hydrogens (tertiary/aromatic N) is 3. The van der Waals surface area contributed by atoms with Crippen molar-refractivity contribution in [1.82, 2.24) is 14.5 Å². The lowest BCUT2D eigenvalue weighted by atomic mass is 10.2. The third kappa shape index (κ3) is 5.69. The molecular formula is C22H25N3O4S2. The number of hydrogen-bond acceptors (Lipinski definition) is 6. The molecule has 3 rings (SSSR count). The van der Waals surface area contributed by atoms with Gasteiger partial charge in [-0.15, -0.1) is 17.9 Å². The Morgan fingerprint density at radius 1 is 1.26 bits per heavy atom. The molecule has 164 valence electrons. The molecule has 0 spiro atoms. The van der Waals surface area contributed by atoms with Crippen molar-refractivity contribution < 1.29 is 17.9 Å². The summed E-state index contributed by atoms with van der Waals surface area (Å²) < 4.78 is 33.0. The number of carbonyl (C=O) groups is 1. The molecule has 2 aromatic heterocycles. The number of sulfone groups is 1. The van der Waals surface area contributed by atoms with Crippen LogP contribution in [-0.4, -0.2) is 49.0 Å². The summed E-state index contributed by atoms with van der Waals surface area (Å²) in [5, 5.41) is 1.82. The van der Waals surface area contributed by atoms with Crippen LogP contribution in [0, 0.1) is 0 Å². The molecule has 31 heavy (non-hydrogen) atoms. The Hall–Kier alpha value is -2.75. The summed E-state index contributed by atoms with van der Waals surface area (Å²) in [5.74, 6) is -0.287. The summed E-state index contributed by atoms with van der Waals surface area (Å²) in [6.45, 7) is 4.91. The molecule has 0 aliphatic rings. The highest BCUT2D eigenvalue weighted by molar-refractivity contribution is 7.90. The van der Waals surface area contributed by atoms with Gasteiger partial charge in [-0.3, -0.25) is 4.79 Å². The van der Waals surface area contributed by atoms with Gasteiger partial charge >= 0.3 is 0 Å². The highest BCUT2D eigenvalue weighted by Gasteiger charge is 2.25. The predicted molar refractivity (Wildman–Crippen MR) is 121 cm³/mol. The number of benzene rings is 1. The molecule has 3 aromatic rings. The predicted octanol–water partition coefficient (Wildman–Crippen LogP) is 3.39. The Balaban J connectivity index is 1.92. The summed E-state index contributed by atoms with van der Waals surface area (Å²) >= 11 is 1.36. The van der Waals surface area contributed by atoms with Crippen LogP contribution in [0.15, 0.2) is 71.9 Å². The molecule has 0 bridgehead atoms. The van der Waals surface area contributed by atoms with Crippen molar-refractivity contribution in [2.75, 3.05) is 20.3 Å². The van der Waals surface area contributed by atoms with Crippen molar-refractivity contribution in [2.45, 2.75) is 24.0 Å². The van der Waals surface area contributed by atoms with Crippen molar-refractivity contribution in [3.63, 3.8) is 0 Å². The van der Waals surface area contributed by atoms with Gasteiger partial charge in [0.05, 0.1) is 35.7 Å². The lowest BCUT2D eigenvalue weighted by molar-refractivity contribution is 0.0763. The van der Waals surface area contributed by atoms with Crippen molar-refractivity contribution in [3.8, 4) is 0 Å². The zero-order valence-electron chi connectivity index (χ0n) is 17.3. The van der Waals surface area contributed by atoms with Gasteiger partial charge in [-0.05, 0) is 17.0 Å². The maximum atomic E-state index is 13.1. The average Bonchev–Trinajstić information content (AvgIpc) is 3.42. The second-order valence-electron chi connectivity index (χ2n) is 6.87. The molecule has 1 amide bonds. The number of amides is 1. The minimum absolute atomic E-state index is 0.0227. The largest absolute Gasteiger partial charge is 0.383 e. The number of imidazole rings is 1. The van der Waals surface area contributed by atoms with Crippen LogP contribution in [0.4, 0.5) is 0 Å². The fourth-order valence-electron chi connectivity index (χ4n) is 3.17. The highest BCUT2D eigenvalue weighted by atomic mass is 32.2. The third-order valence-corrected chi connectivity index (χ3v) is 7.07. The number of carbonyl (C=O) groups excluding carboxylic acids is 1. The van der Waals surface area contributed by atoms with Crippen LogP contribution in [-0.2, 0) is 33.4 Å². The van der Waals surface area contributed by atoms with E-state index in [0.717, 1.165) is 0 Å². The van der Waals surface area contributed by atoms with Gasteiger partial charge in [0.1, 0.15) is 0 Å². The maximum absolute atomic E-state index is 13.1. The normalized spacial score (nSPS) is 11.4. The SMILES string of the molecule is C=CCN(Cc1cnc(S(=O)(=O)Cc2ccccc2)n1CCOC)C(=O)c1cccs1. The molecule has 0 aliphatic heterocycles. The van der Waals surface area contributed by atoms with E-state index in [9.17, 15) is 13.2 Å². The molecule has 0 saturated carbocycles. The smallest absolute Gasteiger partial charge is 0.264 e. The minimum atomic E-state index is -3.69. The second kappa shape index (κ2) is 10.5. The Labute approximate surface area is 186 Å². The van der Waals surface area contributed by atoms with Gasteiger partial charge in [0.25, 0.3) is 5.91 Å². The van der Waals surface area contributed by atoms with Crippen molar-refractivity contribution in [3.05, 3.63) is 82.8 Å². The zero-order chi connectivity index (χ0) is 22.3. The quantitative estimate of drug-likeness (QED) is 0.411. The Kier molecular flexibility index (Phi) is 7.78. The molecule has 0 radical (unpaired) electrons. The van der Waals surface area contributed by atoms with Gasteiger partial charge < -0.3 is 14.2 Å². The van der Waals surface area contributed by atoms with Gasteiger partial charge in [-0.2, -0.15) is 0 Å². The number of hydrogen-bond donors (Lipinski definition) is 0. The van der Waals surface area contributed by atoms with E-state index in [1.807, 2.05) is 17.5 Å². The Bertz CT molecular complexity index is 1110. The fraction of sp³-hybridized carbons (Fsp3) is 0.273. The van der Waals surface area contributed by atoms with Gasteiger partial charge in [0.15, 0.2) is 0 Å². The molecule has 9 heteroatoms. The number of rotatable bonds is 11. The van der Waals surface area contributed by atoms with Crippen molar-refractivity contribution in [1.29, 1.82) is 0 Å². The van der Waals surface area contributed by atoms with Gasteiger partial charge in [0.2, 0.25) is 15.0 Å². The fourth-order valence-corrected chi connectivity index (χ4v) is 5.38. The minimum Gasteiger partial charge on any atom is -0.383 e. The molecule has 0 atom stereocenters. The van der Waals surface area contributed by atoms with Crippen molar-refractivity contribution in [2.24, 2.45) is 0 Å². The average molecular weight is 460 g/mol. The first-order valence-electron chi connectivity index (χ1n) is 9.70. The number of aromatic nitrogens is 2. The molecule has 2 heterocycles. The number of methoxy groups -OCH3 is 1. The first-order chi connectivity index (χ1) is 15.0. The zero-order valence-corrected chi connectivity index (χ0v) is 18.9. The highest BCUT2D eigenvalue weighted by Crippen LogP contribution is 2.20. The van der Waals surface area contributed by atoms with E-state index < -0.39 is 9.84 Å². The maximum Gasteiger partial charge on any atom is 0.264 e. The molecule has 0 N–H and O–H groups in total. The van der Waals surface area contributed by atoms with E-state index in [4.69, 9.17) is 4.74 Å². The molecular weight excluding hydrogens is 434 g/mol. The van der Waals surface area contributed by atoms with Crippen LogP contribution in [0.1, 0.15) is 20.9 Å². The molecule has 0 saturated heterocycles. The summed E-state index contributed by atoms with van der Waals surface area (Å²) in [4.78, 5) is 19.3. The molecule has 1 aromatic carbocycles. The molecule has 0 unspecified atom stereocenters. The van der Waals surface area contributed by atoms with E-state index in [2.05, 4.69) is 11.6 Å². The van der Waals surface area contributed by atoms with Crippen LogP contribution in [0.5, 0.6) is 0 Å². The van der Waals surface area contributed by atoms with Gasteiger partial charge in [-0.25, -0.2) is 13.4 Å². The second-order valence-corrected chi connectivity index (χ2v) is 9.70. The topological polar surface area (TPSA) is 81.5 Å². The standard InChI is InChI=1S/C22H25N3O4S2/c1-3-11-24(21(26)20-10-7-14-30-20)16-19-15-23-22(25(19)12-13-29-2)31(27,28)17-18-8-5-4-6-9-18/h3-10,14-15H,1,11-13,16-17H2,2H3. The molecule has 0 aliphatic carbocycles. The van der Waals surface area contributed by atoms with Gasteiger partial charge in [0, 0.05) is 20.2 Å². The van der Waals surface area contributed by atoms with Crippen LogP contribution >= 0.6 is 11.3 Å². The molecule has 7 nitrogen and oxygen atoms in total. The van der Waals surface area contributed by atoms with E-state index in [1.165, 1.54) is 17.5 Å². The lowest BCUT2D eigenvalue weighted by Gasteiger charge is -2.21. The van der Waals surface area contributed by atoms with E-state index >= 15 is 0 Å².